The fourth-order valence-corrected chi connectivity index (χ4v) is 5.60. The minimum Gasteiger partial charge on any atom is -0.392 e. The van der Waals surface area contributed by atoms with Crippen LogP contribution >= 0.6 is 0 Å². The number of nitrogens with zero attached hydrogens (tertiary/aromatic N) is 1. The highest BCUT2D eigenvalue weighted by molar-refractivity contribution is 7.89. The van der Waals surface area contributed by atoms with Gasteiger partial charge in [-0.15, -0.1) is 0 Å². The molecule has 1 saturated heterocycles. The number of aliphatic hydroxyl groups excluding tert-OH is 1. The number of hydrogen-bond acceptors (Lipinski definition) is 3. The Morgan fingerprint density at radius 1 is 1.14 bits per heavy atom. The molecule has 2 aliphatic rings. The fourth-order valence-electron chi connectivity index (χ4n) is 4.01. The third-order valence-corrected chi connectivity index (χ3v) is 6.99. The van der Waals surface area contributed by atoms with Crippen LogP contribution in [0.4, 0.5) is 0 Å². The van der Waals surface area contributed by atoms with Crippen LogP contribution in [0, 0.1) is 12.3 Å². The Kier molecular flexibility index (Phi) is 4.32. The van der Waals surface area contributed by atoms with Crippen molar-refractivity contribution < 1.29 is 13.5 Å². The number of rotatable bonds is 2. The molecule has 1 N–H and O–H groups in total. The Labute approximate surface area is 133 Å². The van der Waals surface area contributed by atoms with E-state index in [0.717, 1.165) is 37.7 Å². The number of aliphatic hydroxyl groups is 1. The molecule has 0 amide bonds. The third kappa shape index (κ3) is 3.07. The average molecular weight is 323 g/mol. The number of sulfonamides is 1. The molecule has 0 radical (unpaired) electrons. The van der Waals surface area contributed by atoms with E-state index < -0.39 is 16.1 Å². The molecular weight excluding hydrogens is 298 g/mol. The maximum absolute atomic E-state index is 12.9. The summed E-state index contributed by atoms with van der Waals surface area (Å²) in [5, 5.41) is 10.2. The van der Waals surface area contributed by atoms with Gasteiger partial charge >= 0.3 is 0 Å². The van der Waals surface area contributed by atoms with Crippen LogP contribution in [0.2, 0.25) is 0 Å². The van der Waals surface area contributed by atoms with E-state index in [4.69, 9.17) is 0 Å². The quantitative estimate of drug-likeness (QED) is 0.910. The first-order valence-corrected chi connectivity index (χ1v) is 9.60. The van der Waals surface area contributed by atoms with E-state index >= 15 is 0 Å². The molecule has 1 aliphatic heterocycles. The van der Waals surface area contributed by atoms with Crippen molar-refractivity contribution in [3.8, 4) is 0 Å². The molecule has 1 aromatic rings. The fraction of sp³-hybridized carbons (Fsp3) is 0.647. The van der Waals surface area contributed by atoms with Gasteiger partial charge in [-0.3, -0.25) is 0 Å². The SMILES string of the molecule is Cc1ccc(S(=O)(=O)N2CC(O)CC3(CCCCC3)C2)cc1. The van der Waals surface area contributed by atoms with Gasteiger partial charge in [0.2, 0.25) is 10.0 Å². The van der Waals surface area contributed by atoms with Gasteiger partial charge in [0.05, 0.1) is 11.0 Å². The van der Waals surface area contributed by atoms with Crippen molar-refractivity contribution >= 4 is 10.0 Å². The van der Waals surface area contributed by atoms with Gasteiger partial charge < -0.3 is 5.11 Å². The van der Waals surface area contributed by atoms with Crippen LogP contribution in [0.5, 0.6) is 0 Å². The summed E-state index contributed by atoms with van der Waals surface area (Å²) in [7, 11) is -3.51. The Morgan fingerprint density at radius 3 is 2.41 bits per heavy atom. The zero-order valence-corrected chi connectivity index (χ0v) is 14.0. The normalized spacial score (nSPS) is 26.2. The van der Waals surface area contributed by atoms with Gasteiger partial charge in [0.25, 0.3) is 0 Å². The van der Waals surface area contributed by atoms with Gasteiger partial charge in [0, 0.05) is 13.1 Å². The molecule has 1 aromatic carbocycles. The summed E-state index contributed by atoms with van der Waals surface area (Å²) in [6.07, 6.45) is 5.77. The minimum atomic E-state index is -3.51. The summed E-state index contributed by atoms with van der Waals surface area (Å²) in [4.78, 5) is 0.332. The first kappa shape index (κ1) is 16.0. The zero-order valence-electron chi connectivity index (χ0n) is 13.2. The lowest BCUT2D eigenvalue weighted by Crippen LogP contribution is -2.52. The van der Waals surface area contributed by atoms with Crippen LogP contribution in [0.25, 0.3) is 0 Å². The maximum Gasteiger partial charge on any atom is 0.243 e. The molecule has 2 fully saturated rings. The minimum absolute atomic E-state index is 0.0202. The molecule has 1 unspecified atom stereocenters. The van der Waals surface area contributed by atoms with Gasteiger partial charge in [-0.1, -0.05) is 37.0 Å². The molecule has 1 aliphatic carbocycles. The van der Waals surface area contributed by atoms with Gasteiger partial charge in [-0.05, 0) is 43.7 Å². The molecule has 0 aromatic heterocycles. The molecule has 1 heterocycles. The summed E-state index contributed by atoms with van der Waals surface area (Å²) in [5.74, 6) is 0. The second kappa shape index (κ2) is 5.95. The van der Waals surface area contributed by atoms with E-state index in [1.807, 2.05) is 19.1 Å². The maximum atomic E-state index is 12.9. The molecule has 122 valence electrons. The van der Waals surface area contributed by atoms with Crippen molar-refractivity contribution in [2.75, 3.05) is 13.1 Å². The predicted octanol–water partition coefficient (Wildman–Crippen LogP) is 2.70. The largest absolute Gasteiger partial charge is 0.392 e. The molecule has 22 heavy (non-hydrogen) atoms. The average Bonchev–Trinajstić information content (AvgIpc) is 2.47. The van der Waals surface area contributed by atoms with Crippen molar-refractivity contribution in [2.24, 2.45) is 5.41 Å². The van der Waals surface area contributed by atoms with Gasteiger partial charge in [-0.25, -0.2) is 8.42 Å². The van der Waals surface area contributed by atoms with E-state index in [0.29, 0.717) is 11.4 Å². The zero-order chi connectivity index (χ0) is 15.8. The second-order valence-electron chi connectivity index (χ2n) is 7.03. The molecule has 1 saturated carbocycles. The lowest BCUT2D eigenvalue weighted by Gasteiger charge is -2.46. The van der Waals surface area contributed by atoms with Crippen LogP contribution in [-0.2, 0) is 10.0 Å². The number of benzene rings is 1. The number of hydrogen-bond donors (Lipinski definition) is 1. The van der Waals surface area contributed by atoms with E-state index in [9.17, 15) is 13.5 Å². The highest BCUT2D eigenvalue weighted by Gasteiger charge is 2.43. The van der Waals surface area contributed by atoms with Gasteiger partial charge in [-0.2, -0.15) is 4.31 Å². The highest BCUT2D eigenvalue weighted by Crippen LogP contribution is 2.44. The van der Waals surface area contributed by atoms with Crippen molar-refractivity contribution in [2.45, 2.75) is 56.4 Å². The Hall–Kier alpha value is -0.910. The lowest BCUT2D eigenvalue weighted by atomic mass is 9.69. The first-order chi connectivity index (χ1) is 10.4. The number of piperidine rings is 1. The Morgan fingerprint density at radius 2 is 1.77 bits per heavy atom. The molecule has 1 spiro atoms. The van der Waals surface area contributed by atoms with E-state index in [1.165, 1.54) is 10.7 Å². The smallest absolute Gasteiger partial charge is 0.243 e. The molecule has 5 heteroatoms. The molecular formula is C17H25NO3S. The topological polar surface area (TPSA) is 57.6 Å². The lowest BCUT2D eigenvalue weighted by molar-refractivity contribution is 0.00287. The summed E-state index contributed by atoms with van der Waals surface area (Å²) >= 11 is 0. The third-order valence-electron chi connectivity index (χ3n) is 5.17. The van der Waals surface area contributed by atoms with E-state index in [-0.39, 0.29) is 12.0 Å². The van der Waals surface area contributed by atoms with E-state index in [1.54, 1.807) is 12.1 Å². The Bertz CT molecular complexity index is 618. The molecule has 0 bridgehead atoms. The van der Waals surface area contributed by atoms with Gasteiger partial charge in [0.15, 0.2) is 0 Å². The van der Waals surface area contributed by atoms with Crippen molar-refractivity contribution in [1.29, 1.82) is 0 Å². The molecule has 1 atom stereocenters. The van der Waals surface area contributed by atoms with Gasteiger partial charge in [0.1, 0.15) is 0 Å². The van der Waals surface area contributed by atoms with Crippen LogP contribution < -0.4 is 0 Å². The van der Waals surface area contributed by atoms with Crippen LogP contribution in [-0.4, -0.2) is 37.0 Å². The monoisotopic (exact) mass is 323 g/mol. The van der Waals surface area contributed by atoms with E-state index in [2.05, 4.69) is 0 Å². The number of β-amino-alcohol motifs (C(OH)–C–C–N with tert-alkyl or cyclic N) is 1. The molecule has 4 nitrogen and oxygen atoms in total. The van der Waals surface area contributed by atoms with Crippen molar-refractivity contribution in [3.05, 3.63) is 29.8 Å². The summed E-state index contributed by atoms with van der Waals surface area (Å²) in [6.45, 7) is 2.72. The summed E-state index contributed by atoms with van der Waals surface area (Å²) < 4.78 is 27.3. The Balaban J connectivity index is 1.87. The van der Waals surface area contributed by atoms with Crippen molar-refractivity contribution in [1.82, 2.24) is 4.31 Å². The standard InChI is InChI=1S/C17H25NO3S/c1-14-5-7-16(8-6-14)22(20,21)18-12-15(19)11-17(13-18)9-3-2-4-10-17/h5-8,15,19H,2-4,9-13H2,1H3. The van der Waals surface area contributed by atoms with Crippen LogP contribution in [0.1, 0.15) is 44.1 Å². The predicted molar refractivity (Wildman–Crippen MR) is 86.1 cm³/mol. The van der Waals surface area contributed by atoms with Crippen LogP contribution in [0.15, 0.2) is 29.2 Å². The number of aryl methyl sites for hydroxylation is 1. The summed E-state index contributed by atoms with van der Waals surface area (Å²) in [5.41, 5.74) is 1.02. The second-order valence-corrected chi connectivity index (χ2v) is 8.97. The van der Waals surface area contributed by atoms with Crippen molar-refractivity contribution in [3.63, 3.8) is 0 Å². The highest BCUT2D eigenvalue weighted by atomic mass is 32.2. The summed E-state index contributed by atoms with van der Waals surface area (Å²) in [6, 6.07) is 6.98. The first-order valence-electron chi connectivity index (χ1n) is 8.16. The molecule has 3 rings (SSSR count). The van der Waals surface area contributed by atoms with Crippen LogP contribution in [0.3, 0.4) is 0 Å².